The van der Waals surface area contributed by atoms with Gasteiger partial charge in [0.2, 0.25) is 5.91 Å². The Labute approximate surface area is 143 Å². The van der Waals surface area contributed by atoms with Crippen LogP contribution in [0.1, 0.15) is 29.9 Å². The van der Waals surface area contributed by atoms with Crippen LogP contribution in [0.4, 0.5) is 0 Å². The summed E-state index contributed by atoms with van der Waals surface area (Å²) in [4.78, 5) is 15.5. The molecule has 124 valence electrons. The van der Waals surface area contributed by atoms with Gasteiger partial charge in [-0.3, -0.25) is 4.79 Å². The van der Waals surface area contributed by atoms with Gasteiger partial charge in [0.25, 0.3) is 0 Å². The largest absolute Gasteiger partial charge is 0.341 e. The zero-order valence-corrected chi connectivity index (χ0v) is 13.9. The molecule has 0 aliphatic carbocycles. The highest BCUT2D eigenvalue weighted by Gasteiger charge is 2.43. The van der Waals surface area contributed by atoms with Gasteiger partial charge in [-0.2, -0.15) is 0 Å². The van der Waals surface area contributed by atoms with E-state index in [4.69, 9.17) is 0 Å². The molecular weight excluding hydrogens is 296 g/mol. The molecule has 24 heavy (non-hydrogen) atoms. The van der Waals surface area contributed by atoms with Crippen LogP contribution in [0.25, 0.3) is 0 Å². The zero-order chi connectivity index (χ0) is 16.4. The van der Waals surface area contributed by atoms with E-state index < -0.39 is 0 Å². The summed E-state index contributed by atoms with van der Waals surface area (Å²) >= 11 is 0. The van der Waals surface area contributed by atoms with Gasteiger partial charge in [-0.25, -0.2) is 0 Å². The van der Waals surface area contributed by atoms with Crippen LogP contribution in [0.15, 0.2) is 60.7 Å². The van der Waals surface area contributed by atoms with Crippen LogP contribution in [0.2, 0.25) is 0 Å². The third-order valence-electron chi connectivity index (χ3n) is 5.59. The molecule has 1 N–H and O–H groups in total. The summed E-state index contributed by atoms with van der Waals surface area (Å²) in [7, 11) is 0. The van der Waals surface area contributed by atoms with Crippen LogP contribution in [0, 0.1) is 5.41 Å². The predicted octanol–water partition coefficient (Wildman–Crippen LogP) is 3.03. The van der Waals surface area contributed by atoms with Gasteiger partial charge in [-0.05, 0) is 30.5 Å². The van der Waals surface area contributed by atoms with E-state index >= 15 is 0 Å². The van der Waals surface area contributed by atoms with Crippen LogP contribution in [-0.2, 0) is 4.79 Å². The lowest BCUT2D eigenvalue weighted by molar-refractivity contribution is -0.131. The van der Waals surface area contributed by atoms with Crippen LogP contribution >= 0.6 is 0 Å². The molecule has 2 fully saturated rings. The standard InChI is InChI=1S/C21H24N2O/c24-20(23-14-12-21(16-23)11-13-22-15-21)19(17-7-3-1-4-8-17)18-9-5-2-6-10-18/h1-10,19,22H,11-16H2. The van der Waals surface area contributed by atoms with Crippen LogP contribution in [0.3, 0.4) is 0 Å². The highest BCUT2D eigenvalue weighted by atomic mass is 16.2. The van der Waals surface area contributed by atoms with Crippen molar-refractivity contribution in [2.45, 2.75) is 18.8 Å². The third kappa shape index (κ3) is 2.84. The molecule has 3 nitrogen and oxygen atoms in total. The van der Waals surface area contributed by atoms with Gasteiger partial charge in [0.1, 0.15) is 0 Å². The molecule has 2 heterocycles. The summed E-state index contributed by atoms with van der Waals surface area (Å²) in [6.45, 7) is 3.92. The van der Waals surface area contributed by atoms with Crippen molar-refractivity contribution in [2.24, 2.45) is 5.41 Å². The van der Waals surface area contributed by atoms with Crippen molar-refractivity contribution in [2.75, 3.05) is 26.2 Å². The van der Waals surface area contributed by atoms with E-state index in [1.807, 2.05) is 36.4 Å². The first-order valence-corrected chi connectivity index (χ1v) is 8.87. The lowest BCUT2D eigenvalue weighted by atomic mass is 9.86. The number of benzene rings is 2. The van der Waals surface area contributed by atoms with Gasteiger partial charge in [0.05, 0.1) is 5.92 Å². The monoisotopic (exact) mass is 320 g/mol. The Morgan fingerprint density at radius 2 is 1.58 bits per heavy atom. The molecule has 0 aromatic heterocycles. The quantitative estimate of drug-likeness (QED) is 0.943. The molecule has 1 unspecified atom stereocenters. The molecule has 0 saturated carbocycles. The van der Waals surface area contributed by atoms with Crippen molar-refractivity contribution in [1.82, 2.24) is 10.2 Å². The van der Waals surface area contributed by atoms with Crippen molar-refractivity contribution in [3.05, 3.63) is 71.8 Å². The Bertz CT molecular complexity index is 653. The fourth-order valence-corrected chi connectivity index (χ4v) is 4.22. The van der Waals surface area contributed by atoms with Gasteiger partial charge >= 0.3 is 0 Å². The number of nitrogens with one attached hydrogen (secondary N) is 1. The van der Waals surface area contributed by atoms with E-state index in [0.717, 1.165) is 43.7 Å². The average Bonchev–Trinajstić information content (AvgIpc) is 3.27. The number of hydrogen-bond donors (Lipinski definition) is 1. The molecule has 4 rings (SSSR count). The Hall–Kier alpha value is -2.13. The second-order valence-corrected chi connectivity index (χ2v) is 7.19. The molecule has 0 radical (unpaired) electrons. The maximum Gasteiger partial charge on any atom is 0.234 e. The van der Waals surface area contributed by atoms with Gasteiger partial charge < -0.3 is 10.2 Å². The Morgan fingerprint density at radius 3 is 2.12 bits per heavy atom. The lowest BCUT2D eigenvalue weighted by Crippen LogP contribution is -2.36. The lowest BCUT2D eigenvalue weighted by Gasteiger charge is -2.27. The number of hydrogen-bond acceptors (Lipinski definition) is 2. The van der Waals surface area contributed by atoms with E-state index in [0.29, 0.717) is 5.41 Å². The molecule has 1 amide bonds. The molecular formula is C21H24N2O. The molecule has 3 heteroatoms. The minimum atomic E-state index is -0.197. The molecule has 1 atom stereocenters. The van der Waals surface area contributed by atoms with E-state index in [-0.39, 0.29) is 11.8 Å². The number of carbonyl (C=O) groups is 1. The highest BCUT2D eigenvalue weighted by Crippen LogP contribution is 2.38. The fourth-order valence-electron chi connectivity index (χ4n) is 4.22. The van der Waals surface area contributed by atoms with Crippen LogP contribution in [0.5, 0.6) is 0 Å². The maximum atomic E-state index is 13.4. The van der Waals surface area contributed by atoms with Crippen LogP contribution in [-0.4, -0.2) is 37.0 Å². The topological polar surface area (TPSA) is 32.3 Å². The molecule has 2 aliphatic heterocycles. The fraction of sp³-hybridized carbons (Fsp3) is 0.381. The maximum absolute atomic E-state index is 13.4. The number of carbonyl (C=O) groups excluding carboxylic acids is 1. The molecule has 1 spiro atoms. The summed E-state index contributed by atoms with van der Waals surface area (Å²) in [5.74, 6) is 0.0492. The van der Waals surface area contributed by atoms with Gasteiger partial charge in [0.15, 0.2) is 0 Å². The molecule has 2 aromatic carbocycles. The van der Waals surface area contributed by atoms with Crippen molar-refractivity contribution in [3.8, 4) is 0 Å². The normalized spacial score (nSPS) is 23.3. The Balaban J connectivity index is 1.63. The minimum Gasteiger partial charge on any atom is -0.341 e. The summed E-state index contributed by atoms with van der Waals surface area (Å²) in [6.07, 6.45) is 2.32. The second-order valence-electron chi connectivity index (χ2n) is 7.19. The second kappa shape index (κ2) is 6.40. The van der Waals surface area contributed by atoms with Crippen molar-refractivity contribution >= 4 is 5.91 Å². The Kier molecular flexibility index (Phi) is 4.11. The first kappa shape index (κ1) is 15.4. The van der Waals surface area contributed by atoms with Gasteiger partial charge in [-0.1, -0.05) is 60.7 Å². The molecule has 0 bridgehead atoms. The molecule has 2 aliphatic rings. The van der Waals surface area contributed by atoms with E-state index in [1.54, 1.807) is 0 Å². The summed E-state index contributed by atoms with van der Waals surface area (Å²) in [5.41, 5.74) is 2.48. The molecule has 2 saturated heterocycles. The average molecular weight is 320 g/mol. The van der Waals surface area contributed by atoms with Crippen LogP contribution < -0.4 is 5.32 Å². The zero-order valence-electron chi connectivity index (χ0n) is 13.9. The van der Waals surface area contributed by atoms with E-state index in [9.17, 15) is 4.79 Å². The van der Waals surface area contributed by atoms with Crippen molar-refractivity contribution < 1.29 is 4.79 Å². The van der Waals surface area contributed by atoms with Crippen molar-refractivity contribution in [3.63, 3.8) is 0 Å². The van der Waals surface area contributed by atoms with E-state index in [2.05, 4.69) is 34.5 Å². The Morgan fingerprint density at radius 1 is 0.958 bits per heavy atom. The SMILES string of the molecule is O=C(C(c1ccccc1)c1ccccc1)N1CCC2(CCNC2)C1. The van der Waals surface area contributed by atoms with E-state index in [1.165, 1.54) is 6.42 Å². The van der Waals surface area contributed by atoms with Gasteiger partial charge in [0, 0.05) is 25.0 Å². The smallest absolute Gasteiger partial charge is 0.234 e. The first-order chi connectivity index (χ1) is 11.8. The predicted molar refractivity (Wildman–Crippen MR) is 95.8 cm³/mol. The highest BCUT2D eigenvalue weighted by molar-refractivity contribution is 5.87. The number of rotatable bonds is 3. The third-order valence-corrected chi connectivity index (χ3v) is 5.59. The summed E-state index contributed by atoms with van der Waals surface area (Å²) in [6, 6.07) is 20.4. The first-order valence-electron chi connectivity index (χ1n) is 8.87. The number of likely N-dealkylation sites (tertiary alicyclic amines) is 1. The van der Waals surface area contributed by atoms with Gasteiger partial charge in [-0.15, -0.1) is 0 Å². The summed E-state index contributed by atoms with van der Waals surface area (Å²) in [5, 5.41) is 3.47. The number of nitrogens with zero attached hydrogens (tertiary/aromatic N) is 1. The van der Waals surface area contributed by atoms with Crippen molar-refractivity contribution in [1.29, 1.82) is 0 Å². The number of amides is 1. The molecule has 2 aromatic rings. The minimum absolute atomic E-state index is 0.197. The summed E-state index contributed by atoms with van der Waals surface area (Å²) < 4.78 is 0.